The van der Waals surface area contributed by atoms with E-state index in [0.29, 0.717) is 37.1 Å². The molecule has 1 aliphatic rings. The number of ether oxygens (including phenoxy) is 2. The van der Waals surface area contributed by atoms with E-state index in [-0.39, 0.29) is 5.82 Å². The van der Waals surface area contributed by atoms with Crippen molar-refractivity contribution in [1.82, 2.24) is 0 Å². The molecule has 0 N–H and O–H groups in total. The van der Waals surface area contributed by atoms with Crippen molar-refractivity contribution < 1.29 is 18.3 Å². The Kier molecular flexibility index (Phi) is 8.33. The van der Waals surface area contributed by atoms with Gasteiger partial charge in [-0.25, -0.2) is 4.39 Å². The number of alkyl halides is 1. The molecule has 1 saturated carbocycles. The van der Waals surface area contributed by atoms with Gasteiger partial charge >= 0.3 is 0 Å². The summed E-state index contributed by atoms with van der Waals surface area (Å²) in [4.78, 5) is 0. The Morgan fingerprint density at radius 3 is 2.41 bits per heavy atom. The van der Waals surface area contributed by atoms with E-state index in [1.165, 1.54) is 44.6 Å². The maximum Gasteiger partial charge on any atom is 0.165 e. The Balaban J connectivity index is 1.60. The Morgan fingerprint density at radius 1 is 0.931 bits per heavy atom. The molecule has 0 spiro atoms. The van der Waals surface area contributed by atoms with Gasteiger partial charge in [0.25, 0.3) is 0 Å². The molecule has 0 saturated heterocycles. The van der Waals surface area contributed by atoms with Crippen LogP contribution < -0.4 is 9.47 Å². The Hall–Kier alpha value is -2.10. The summed E-state index contributed by atoms with van der Waals surface area (Å²) in [5.41, 5.74) is 1.52. The van der Waals surface area contributed by atoms with E-state index >= 15 is 0 Å². The van der Waals surface area contributed by atoms with Crippen molar-refractivity contribution in [1.29, 1.82) is 0 Å². The van der Waals surface area contributed by atoms with E-state index < -0.39 is 6.67 Å². The zero-order chi connectivity index (χ0) is 20.5. The molecule has 29 heavy (non-hydrogen) atoms. The third-order valence-electron chi connectivity index (χ3n) is 5.80. The van der Waals surface area contributed by atoms with Crippen molar-refractivity contribution in [2.75, 3.05) is 19.9 Å². The van der Waals surface area contributed by atoms with E-state index in [1.54, 1.807) is 6.07 Å². The van der Waals surface area contributed by atoms with Gasteiger partial charge in [-0.1, -0.05) is 56.9 Å². The third kappa shape index (κ3) is 6.19. The molecule has 2 aromatic rings. The monoisotopic (exact) mass is 402 g/mol. The number of hydrogen-bond donors (Lipinski definition) is 0. The van der Waals surface area contributed by atoms with Crippen LogP contribution in [0.2, 0.25) is 0 Å². The Morgan fingerprint density at radius 2 is 1.69 bits per heavy atom. The van der Waals surface area contributed by atoms with Gasteiger partial charge in [0.1, 0.15) is 5.75 Å². The van der Waals surface area contributed by atoms with Gasteiger partial charge in [0.05, 0.1) is 19.9 Å². The van der Waals surface area contributed by atoms with Gasteiger partial charge in [0, 0.05) is 12.0 Å². The van der Waals surface area contributed by atoms with Crippen LogP contribution in [0.15, 0.2) is 42.5 Å². The van der Waals surface area contributed by atoms with Crippen molar-refractivity contribution in [3.05, 3.63) is 48.3 Å². The summed E-state index contributed by atoms with van der Waals surface area (Å²) < 4.78 is 38.5. The maximum absolute atomic E-state index is 14.7. The standard InChI is InChI=1S/C25H32F2O2/c1-2-6-19-9-11-20(12-10-19)18-29-25-14-13-21(17-23(25)27)22-7-3-4-8-24(22)28-16-5-15-26/h3-4,7-8,13-14,17,19-20H,2,5-6,9-12,15-16,18H2,1H3. The molecule has 0 heterocycles. The van der Waals surface area contributed by atoms with Crippen LogP contribution in [0, 0.1) is 17.7 Å². The molecule has 1 aliphatic carbocycles. The molecule has 0 aliphatic heterocycles. The summed E-state index contributed by atoms with van der Waals surface area (Å²) in [6.07, 6.45) is 7.80. The van der Waals surface area contributed by atoms with Gasteiger partial charge in [-0.3, -0.25) is 4.39 Å². The molecule has 0 unspecified atom stereocenters. The molecular formula is C25H32F2O2. The lowest BCUT2D eigenvalue weighted by molar-refractivity contribution is 0.174. The molecule has 2 nitrogen and oxygen atoms in total. The van der Waals surface area contributed by atoms with Gasteiger partial charge in [-0.2, -0.15) is 0 Å². The van der Waals surface area contributed by atoms with Crippen LogP contribution in [0.25, 0.3) is 11.1 Å². The molecule has 0 radical (unpaired) electrons. The summed E-state index contributed by atoms with van der Waals surface area (Å²) in [6.45, 7) is 2.72. The van der Waals surface area contributed by atoms with Crippen LogP contribution in [-0.2, 0) is 0 Å². The van der Waals surface area contributed by atoms with E-state index in [1.807, 2.05) is 30.3 Å². The molecule has 0 bridgehead atoms. The van der Waals surface area contributed by atoms with Gasteiger partial charge < -0.3 is 9.47 Å². The fraction of sp³-hybridized carbons (Fsp3) is 0.520. The number of hydrogen-bond acceptors (Lipinski definition) is 2. The predicted molar refractivity (Wildman–Crippen MR) is 114 cm³/mol. The first-order valence-electron chi connectivity index (χ1n) is 10.9. The highest BCUT2D eigenvalue weighted by atomic mass is 19.1. The second-order valence-corrected chi connectivity index (χ2v) is 8.02. The molecular weight excluding hydrogens is 370 g/mol. The number of benzene rings is 2. The molecule has 0 aromatic heterocycles. The first-order chi connectivity index (χ1) is 14.2. The van der Waals surface area contributed by atoms with E-state index in [0.717, 1.165) is 17.0 Å². The normalized spacial score (nSPS) is 19.1. The molecule has 2 aromatic carbocycles. The van der Waals surface area contributed by atoms with Crippen LogP contribution in [0.1, 0.15) is 51.9 Å². The summed E-state index contributed by atoms with van der Waals surface area (Å²) in [5, 5.41) is 0. The summed E-state index contributed by atoms with van der Waals surface area (Å²) in [6, 6.07) is 12.5. The van der Waals surface area contributed by atoms with Gasteiger partial charge in [-0.05, 0) is 48.4 Å². The molecule has 4 heteroatoms. The second kappa shape index (κ2) is 11.2. The maximum atomic E-state index is 14.7. The van der Waals surface area contributed by atoms with Gasteiger partial charge in [-0.15, -0.1) is 0 Å². The minimum absolute atomic E-state index is 0.303. The van der Waals surface area contributed by atoms with Crippen molar-refractivity contribution >= 4 is 0 Å². The van der Waals surface area contributed by atoms with Crippen molar-refractivity contribution in [2.45, 2.75) is 51.9 Å². The SMILES string of the molecule is CCCC1CCC(COc2ccc(-c3ccccc3OCCCF)cc2F)CC1. The summed E-state index contributed by atoms with van der Waals surface area (Å²) in [7, 11) is 0. The quantitative estimate of drug-likeness (QED) is 0.391. The number of para-hydroxylation sites is 1. The fourth-order valence-electron chi connectivity index (χ4n) is 4.16. The minimum Gasteiger partial charge on any atom is -0.493 e. The highest BCUT2D eigenvalue weighted by molar-refractivity contribution is 5.71. The van der Waals surface area contributed by atoms with Crippen molar-refractivity contribution in [2.24, 2.45) is 11.8 Å². The molecule has 0 amide bonds. The van der Waals surface area contributed by atoms with Crippen molar-refractivity contribution in [3.63, 3.8) is 0 Å². The predicted octanol–water partition coefficient (Wildman–Crippen LogP) is 7.22. The smallest absolute Gasteiger partial charge is 0.165 e. The topological polar surface area (TPSA) is 18.5 Å². The first-order valence-corrected chi connectivity index (χ1v) is 10.9. The van der Waals surface area contributed by atoms with Crippen LogP contribution >= 0.6 is 0 Å². The van der Waals surface area contributed by atoms with E-state index in [4.69, 9.17) is 9.47 Å². The highest BCUT2D eigenvalue weighted by Gasteiger charge is 2.21. The van der Waals surface area contributed by atoms with Gasteiger partial charge in [0.15, 0.2) is 11.6 Å². The average Bonchev–Trinajstić information content (AvgIpc) is 2.75. The van der Waals surface area contributed by atoms with E-state index in [9.17, 15) is 8.78 Å². The summed E-state index contributed by atoms with van der Waals surface area (Å²) in [5.74, 6) is 1.96. The first kappa shape index (κ1) is 21.6. The summed E-state index contributed by atoms with van der Waals surface area (Å²) >= 11 is 0. The zero-order valence-electron chi connectivity index (χ0n) is 17.3. The van der Waals surface area contributed by atoms with Crippen LogP contribution in [0.3, 0.4) is 0 Å². The molecule has 3 rings (SSSR count). The zero-order valence-corrected chi connectivity index (χ0v) is 17.3. The lowest BCUT2D eigenvalue weighted by atomic mass is 9.80. The lowest BCUT2D eigenvalue weighted by Crippen LogP contribution is -2.20. The van der Waals surface area contributed by atoms with Crippen molar-refractivity contribution in [3.8, 4) is 22.6 Å². The molecule has 0 atom stereocenters. The molecule has 158 valence electrons. The highest BCUT2D eigenvalue weighted by Crippen LogP contribution is 2.34. The van der Waals surface area contributed by atoms with Crippen LogP contribution in [0.5, 0.6) is 11.5 Å². The Bertz CT molecular complexity index is 754. The largest absolute Gasteiger partial charge is 0.493 e. The van der Waals surface area contributed by atoms with Gasteiger partial charge in [0.2, 0.25) is 0 Å². The second-order valence-electron chi connectivity index (χ2n) is 8.02. The Labute approximate surface area is 173 Å². The fourth-order valence-corrected chi connectivity index (χ4v) is 4.16. The lowest BCUT2D eigenvalue weighted by Gasteiger charge is -2.28. The number of rotatable bonds is 10. The average molecular weight is 403 g/mol. The minimum atomic E-state index is -0.414. The van der Waals surface area contributed by atoms with Crippen LogP contribution in [0.4, 0.5) is 8.78 Å². The molecule has 1 fully saturated rings. The third-order valence-corrected chi connectivity index (χ3v) is 5.80. The van der Waals surface area contributed by atoms with E-state index in [2.05, 4.69) is 6.92 Å². The van der Waals surface area contributed by atoms with Crippen LogP contribution in [-0.4, -0.2) is 19.9 Å². The number of halogens is 2.